The summed E-state index contributed by atoms with van der Waals surface area (Å²) in [5.74, 6) is 2.42. The molecule has 3 aromatic rings. The highest BCUT2D eigenvalue weighted by Crippen LogP contribution is 2.39. The number of methoxy groups -OCH3 is 1. The zero-order valence-electron chi connectivity index (χ0n) is 14.2. The van der Waals surface area contributed by atoms with E-state index in [1.165, 1.54) is 0 Å². The van der Waals surface area contributed by atoms with Gasteiger partial charge in [-0.1, -0.05) is 40.5 Å². The fourth-order valence-electron chi connectivity index (χ4n) is 2.62. The molecule has 0 bridgehead atoms. The standard InChI is InChI=1S/C19H14Cl2N2O4/c1-24-13-4-2-3-12(10-13)18-22-19(27-23-18)15(21)8-11-7-14(20)17-16(9-11)25-5-6-26-17/h2-4,7-10H,5-6H2,1H3/b15-8-. The van der Waals surface area contributed by atoms with E-state index in [0.29, 0.717) is 41.3 Å². The molecule has 0 radical (unpaired) electrons. The van der Waals surface area contributed by atoms with E-state index >= 15 is 0 Å². The Labute approximate surface area is 165 Å². The van der Waals surface area contributed by atoms with Crippen molar-refractivity contribution < 1.29 is 18.7 Å². The molecular formula is C19H14Cl2N2O4. The lowest BCUT2D eigenvalue weighted by atomic mass is 10.1. The molecule has 1 aliphatic rings. The van der Waals surface area contributed by atoms with Crippen molar-refractivity contribution in [3.05, 3.63) is 52.9 Å². The minimum atomic E-state index is 0.195. The third-order valence-electron chi connectivity index (χ3n) is 3.87. The van der Waals surface area contributed by atoms with Crippen LogP contribution < -0.4 is 14.2 Å². The molecule has 0 atom stereocenters. The average Bonchev–Trinajstić information content (AvgIpc) is 3.18. The van der Waals surface area contributed by atoms with Gasteiger partial charge in [0.05, 0.1) is 12.1 Å². The molecule has 2 heterocycles. The summed E-state index contributed by atoms with van der Waals surface area (Å²) in [6.07, 6.45) is 1.68. The van der Waals surface area contributed by atoms with Gasteiger partial charge in [0, 0.05) is 5.56 Å². The van der Waals surface area contributed by atoms with Gasteiger partial charge in [-0.15, -0.1) is 0 Å². The van der Waals surface area contributed by atoms with E-state index in [-0.39, 0.29) is 10.9 Å². The predicted octanol–water partition coefficient (Wildman–Crippen LogP) is 4.91. The smallest absolute Gasteiger partial charge is 0.269 e. The van der Waals surface area contributed by atoms with E-state index in [1.807, 2.05) is 24.3 Å². The number of nitrogens with zero attached hydrogens (tertiary/aromatic N) is 2. The van der Waals surface area contributed by atoms with Crippen molar-refractivity contribution in [2.24, 2.45) is 0 Å². The van der Waals surface area contributed by atoms with Gasteiger partial charge in [0.15, 0.2) is 11.5 Å². The Kier molecular flexibility index (Phi) is 4.92. The van der Waals surface area contributed by atoms with Crippen LogP contribution in [0, 0.1) is 0 Å². The summed E-state index contributed by atoms with van der Waals surface area (Å²) >= 11 is 12.6. The molecule has 2 aromatic carbocycles. The van der Waals surface area contributed by atoms with Crippen LogP contribution in [0.3, 0.4) is 0 Å². The molecule has 0 unspecified atom stereocenters. The second kappa shape index (κ2) is 7.50. The van der Waals surface area contributed by atoms with Crippen molar-refractivity contribution in [1.29, 1.82) is 0 Å². The first-order valence-corrected chi connectivity index (χ1v) is 8.84. The molecule has 138 valence electrons. The third-order valence-corrected chi connectivity index (χ3v) is 4.42. The molecule has 6 nitrogen and oxygen atoms in total. The van der Waals surface area contributed by atoms with Gasteiger partial charge in [-0.25, -0.2) is 0 Å². The molecule has 0 N–H and O–H groups in total. The SMILES string of the molecule is COc1cccc(-c2noc(/C(Cl)=C/c3cc(Cl)c4c(c3)OCCO4)n2)c1. The van der Waals surface area contributed by atoms with Crippen molar-refractivity contribution >= 4 is 34.3 Å². The lowest BCUT2D eigenvalue weighted by Gasteiger charge is -2.19. The monoisotopic (exact) mass is 404 g/mol. The molecule has 0 fully saturated rings. The first kappa shape index (κ1) is 17.7. The number of rotatable bonds is 4. The van der Waals surface area contributed by atoms with E-state index in [4.69, 9.17) is 41.9 Å². The van der Waals surface area contributed by atoms with Crippen LogP contribution in [0.4, 0.5) is 0 Å². The number of benzene rings is 2. The maximum atomic E-state index is 6.36. The van der Waals surface area contributed by atoms with E-state index < -0.39 is 0 Å². The molecule has 4 rings (SSSR count). The van der Waals surface area contributed by atoms with Crippen molar-refractivity contribution in [3.8, 4) is 28.6 Å². The Morgan fingerprint density at radius 3 is 2.89 bits per heavy atom. The number of ether oxygens (including phenoxy) is 3. The zero-order chi connectivity index (χ0) is 18.8. The van der Waals surface area contributed by atoms with E-state index in [9.17, 15) is 0 Å². The lowest BCUT2D eigenvalue weighted by Crippen LogP contribution is -2.15. The molecule has 0 saturated carbocycles. The van der Waals surface area contributed by atoms with Gasteiger partial charge < -0.3 is 18.7 Å². The molecule has 1 aromatic heterocycles. The van der Waals surface area contributed by atoms with Crippen molar-refractivity contribution in [3.63, 3.8) is 0 Å². The maximum absolute atomic E-state index is 6.36. The van der Waals surface area contributed by atoms with E-state index in [2.05, 4.69) is 10.1 Å². The third kappa shape index (κ3) is 3.72. The second-order valence-corrected chi connectivity index (χ2v) is 6.49. The van der Waals surface area contributed by atoms with Crippen LogP contribution in [0.5, 0.6) is 17.2 Å². The molecule has 8 heteroatoms. The average molecular weight is 405 g/mol. The van der Waals surface area contributed by atoms with Gasteiger partial charge in [-0.05, 0) is 35.9 Å². The lowest BCUT2D eigenvalue weighted by molar-refractivity contribution is 0.171. The Hall–Kier alpha value is -2.70. The summed E-state index contributed by atoms with van der Waals surface area (Å²) in [7, 11) is 1.60. The molecular weight excluding hydrogens is 391 g/mol. The maximum Gasteiger partial charge on any atom is 0.269 e. The summed E-state index contributed by atoms with van der Waals surface area (Å²) in [4.78, 5) is 4.34. The fraction of sp³-hybridized carbons (Fsp3) is 0.158. The van der Waals surface area contributed by atoms with E-state index in [0.717, 1.165) is 11.1 Å². The predicted molar refractivity (Wildman–Crippen MR) is 102 cm³/mol. The van der Waals surface area contributed by atoms with Crippen LogP contribution in [-0.4, -0.2) is 30.5 Å². The summed E-state index contributed by atoms with van der Waals surface area (Å²) in [6.45, 7) is 0.940. The highest BCUT2D eigenvalue weighted by Gasteiger charge is 2.17. The number of aromatic nitrogens is 2. The normalized spacial score (nSPS) is 13.5. The van der Waals surface area contributed by atoms with Gasteiger partial charge in [0.1, 0.15) is 24.0 Å². The quantitative estimate of drug-likeness (QED) is 0.615. The summed E-state index contributed by atoms with van der Waals surface area (Å²) in [5.41, 5.74) is 1.49. The highest BCUT2D eigenvalue weighted by atomic mass is 35.5. The minimum Gasteiger partial charge on any atom is -0.497 e. The van der Waals surface area contributed by atoms with Gasteiger partial charge in [0.2, 0.25) is 5.82 Å². The van der Waals surface area contributed by atoms with Crippen LogP contribution in [-0.2, 0) is 0 Å². The van der Waals surface area contributed by atoms with Gasteiger partial charge in [0.25, 0.3) is 5.89 Å². The van der Waals surface area contributed by atoms with Crippen LogP contribution in [0.15, 0.2) is 40.9 Å². The van der Waals surface area contributed by atoms with Gasteiger partial charge in [-0.2, -0.15) is 4.98 Å². The van der Waals surface area contributed by atoms with Gasteiger partial charge in [-0.3, -0.25) is 0 Å². The molecule has 0 amide bonds. The Balaban J connectivity index is 1.62. The fourth-order valence-corrected chi connectivity index (χ4v) is 3.10. The van der Waals surface area contributed by atoms with Crippen LogP contribution in [0.1, 0.15) is 11.5 Å². The highest BCUT2D eigenvalue weighted by molar-refractivity contribution is 6.50. The molecule has 0 aliphatic carbocycles. The Morgan fingerprint density at radius 1 is 1.19 bits per heavy atom. The van der Waals surface area contributed by atoms with E-state index in [1.54, 1.807) is 25.3 Å². The van der Waals surface area contributed by atoms with Crippen LogP contribution in [0.2, 0.25) is 5.02 Å². The minimum absolute atomic E-state index is 0.195. The summed E-state index contributed by atoms with van der Waals surface area (Å²) in [5, 5.41) is 4.71. The Bertz CT molecular complexity index is 1020. The summed E-state index contributed by atoms with van der Waals surface area (Å²) < 4.78 is 21.6. The number of hydrogen-bond donors (Lipinski definition) is 0. The molecule has 27 heavy (non-hydrogen) atoms. The van der Waals surface area contributed by atoms with Crippen LogP contribution >= 0.6 is 23.2 Å². The molecule has 1 aliphatic heterocycles. The molecule has 0 spiro atoms. The van der Waals surface area contributed by atoms with Crippen molar-refractivity contribution in [2.75, 3.05) is 20.3 Å². The van der Waals surface area contributed by atoms with Crippen molar-refractivity contribution in [2.45, 2.75) is 0 Å². The van der Waals surface area contributed by atoms with Crippen LogP contribution in [0.25, 0.3) is 22.5 Å². The summed E-state index contributed by atoms with van der Waals surface area (Å²) in [6, 6.07) is 10.9. The topological polar surface area (TPSA) is 66.6 Å². The molecule has 0 saturated heterocycles. The second-order valence-electron chi connectivity index (χ2n) is 5.67. The Morgan fingerprint density at radius 2 is 2.04 bits per heavy atom. The zero-order valence-corrected chi connectivity index (χ0v) is 15.8. The largest absolute Gasteiger partial charge is 0.497 e. The first-order valence-electron chi connectivity index (χ1n) is 8.09. The van der Waals surface area contributed by atoms with Gasteiger partial charge >= 0.3 is 0 Å². The first-order chi connectivity index (χ1) is 13.1. The number of halogens is 2. The number of fused-ring (bicyclic) bond motifs is 1. The van der Waals surface area contributed by atoms with Crippen molar-refractivity contribution in [1.82, 2.24) is 10.1 Å². The number of hydrogen-bond acceptors (Lipinski definition) is 6.